The highest BCUT2D eigenvalue weighted by atomic mass is 35.5. The number of fused-ring (bicyclic) bond motifs is 1. The van der Waals surface area contributed by atoms with E-state index in [2.05, 4.69) is 15.4 Å². The Balaban J connectivity index is 1.44. The minimum Gasteiger partial charge on any atom is -0.481 e. The summed E-state index contributed by atoms with van der Waals surface area (Å²) in [6.07, 6.45) is 2.08. The summed E-state index contributed by atoms with van der Waals surface area (Å²) >= 11 is 5.89. The lowest BCUT2D eigenvalue weighted by Crippen LogP contribution is -2.42. The molecule has 238 valence electrons. The van der Waals surface area contributed by atoms with Crippen LogP contribution in [0, 0.1) is 17.5 Å². The molecule has 0 bridgehead atoms. The molecule has 1 fully saturated rings. The van der Waals surface area contributed by atoms with Gasteiger partial charge in [-0.25, -0.2) is 27.1 Å². The van der Waals surface area contributed by atoms with Crippen LogP contribution in [0.4, 0.5) is 17.6 Å². The Kier molecular flexibility index (Phi) is 8.02. The van der Waals surface area contributed by atoms with Crippen LogP contribution in [0.15, 0.2) is 66.7 Å². The van der Waals surface area contributed by atoms with Crippen LogP contribution in [0.2, 0.25) is 5.02 Å². The molecule has 0 aliphatic heterocycles. The number of aromatic nitrogens is 3. The third-order valence-corrected chi connectivity index (χ3v) is 8.35. The van der Waals surface area contributed by atoms with Crippen molar-refractivity contribution in [2.24, 2.45) is 0 Å². The van der Waals surface area contributed by atoms with Gasteiger partial charge in [-0.15, -0.1) is 0 Å². The van der Waals surface area contributed by atoms with Crippen LogP contribution in [-0.2, 0) is 11.3 Å². The Morgan fingerprint density at radius 3 is 2.43 bits per heavy atom. The molecule has 0 radical (unpaired) electrons. The monoisotopic (exact) mass is 652 g/mol. The van der Waals surface area contributed by atoms with Crippen LogP contribution in [0.1, 0.15) is 65.5 Å². The van der Waals surface area contributed by atoms with Crippen LogP contribution < -0.4 is 10.1 Å². The van der Waals surface area contributed by atoms with Crippen molar-refractivity contribution in [1.82, 2.24) is 19.9 Å². The SMILES string of the molecule is COc1cc(C(=O)NC[C@@](O)(c2ccccc2)c2cc(C(C)(C)F)c(F)c(-c3cc(Cl)c(F)cc3F)n2)cc2cc(C3CC3)nn12. The smallest absolute Gasteiger partial charge is 0.251 e. The van der Waals surface area contributed by atoms with E-state index in [1.165, 1.54) is 13.2 Å². The average molecular weight is 653 g/mol. The molecule has 5 aromatic rings. The van der Waals surface area contributed by atoms with E-state index >= 15 is 13.2 Å². The number of nitrogens with zero attached hydrogens (tertiary/aromatic N) is 3. The summed E-state index contributed by atoms with van der Waals surface area (Å²) in [4.78, 5) is 17.8. The molecule has 3 aromatic heterocycles. The third kappa shape index (κ3) is 5.80. The van der Waals surface area contributed by atoms with E-state index in [9.17, 15) is 14.3 Å². The van der Waals surface area contributed by atoms with Crippen LogP contribution >= 0.6 is 11.6 Å². The Labute approximate surface area is 266 Å². The quantitative estimate of drug-likeness (QED) is 0.130. The topological polar surface area (TPSA) is 88.8 Å². The highest BCUT2D eigenvalue weighted by Crippen LogP contribution is 2.41. The second kappa shape index (κ2) is 11.7. The summed E-state index contributed by atoms with van der Waals surface area (Å²) in [7, 11) is 1.46. The van der Waals surface area contributed by atoms with E-state index in [-0.39, 0.29) is 16.8 Å². The molecule has 2 N–H and O–H groups in total. The van der Waals surface area contributed by atoms with Gasteiger partial charge >= 0.3 is 0 Å². The molecular weight excluding hydrogens is 624 g/mol. The zero-order chi connectivity index (χ0) is 33.0. The number of nitrogens with one attached hydrogen (secondary N) is 1. The standard InChI is InChI=1S/C34H29ClF4N4O3/c1-33(2,39)23-15-28(41-31(30(23)38)22-14-24(35)26(37)16-25(22)36)34(45,20-7-5-4-6-8-20)17-40-32(44)19-11-21-13-27(18-9-10-18)42-43(21)29(12-19)46-3/h4-8,11-16,18,45H,9-10,17H2,1-3H3,(H,40,44)/t34-/m1/s1. The van der Waals surface area contributed by atoms with Gasteiger partial charge in [0.2, 0.25) is 5.88 Å². The Bertz CT molecular complexity index is 1980. The number of carbonyl (C=O) groups excluding carboxylic acids is 1. The van der Waals surface area contributed by atoms with Crippen molar-refractivity contribution >= 4 is 23.0 Å². The number of hydrogen-bond donors (Lipinski definition) is 2. The van der Waals surface area contributed by atoms with Crippen LogP contribution in [0.3, 0.4) is 0 Å². The number of benzene rings is 2. The number of rotatable bonds is 9. The number of halogens is 5. The molecule has 0 unspecified atom stereocenters. The van der Waals surface area contributed by atoms with E-state index in [4.69, 9.17) is 16.3 Å². The molecule has 1 amide bonds. The lowest BCUT2D eigenvalue weighted by molar-refractivity contribution is 0.0662. The number of ether oxygens (including phenoxy) is 1. The summed E-state index contributed by atoms with van der Waals surface area (Å²) in [5.74, 6) is -3.39. The lowest BCUT2D eigenvalue weighted by atomic mass is 9.86. The molecule has 0 saturated heterocycles. The van der Waals surface area contributed by atoms with Crippen molar-refractivity contribution in [3.63, 3.8) is 0 Å². The molecule has 12 heteroatoms. The third-order valence-electron chi connectivity index (χ3n) is 8.06. The van der Waals surface area contributed by atoms with E-state index < -0.39 is 63.0 Å². The molecule has 2 aromatic carbocycles. The molecule has 1 aliphatic carbocycles. The van der Waals surface area contributed by atoms with Crippen molar-refractivity contribution in [2.75, 3.05) is 13.7 Å². The molecule has 6 rings (SSSR count). The largest absolute Gasteiger partial charge is 0.481 e. The maximum atomic E-state index is 15.9. The number of methoxy groups -OCH3 is 1. The second-order valence-corrected chi connectivity index (χ2v) is 12.2. The molecule has 1 atom stereocenters. The van der Waals surface area contributed by atoms with Crippen molar-refractivity contribution in [2.45, 2.75) is 43.9 Å². The Morgan fingerprint density at radius 2 is 1.78 bits per heavy atom. The first-order chi connectivity index (χ1) is 21.8. The van der Waals surface area contributed by atoms with Gasteiger partial charge in [-0.1, -0.05) is 41.9 Å². The Morgan fingerprint density at radius 1 is 1.07 bits per heavy atom. The maximum Gasteiger partial charge on any atom is 0.251 e. The highest BCUT2D eigenvalue weighted by Gasteiger charge is 2.38. The minimum atomic E-state index is -2.33. The number of carbonyl (C=O) groups is 1. The van der Waals surface area contributed by atoms with E-state index in [1.807, 2.05) is 6.07 Å². The zero-order valence-corrected chi connectivity index (χ0v) is 25.8. The number of pyridine rings is 2. The molecule has 3 heterocycles. The van der Waals surface area contributed by atoms with Crippen molar-refractivity contribution in [3.05, 3.63) is 117 Å². The fourth-order valence-electron chi connectivity index (χ4n) is 5.37. The van der Waals surface area contributed by atoms with Gasteiger partial charge in [0.25, 0.3) is 5.91 Å². The van der Waals surface area contributed by atoms with Gasteiger partial charge in [-0.05, 0) is 56.5 Å². The molecule has 46 heavy (non-hydrogen) atoms. The van der Waals surface area contributed by atoms with E-state index in [0.29, 0.717) is 23.4 Å². The number of amides is 1. The van der Waals surface area contributed by atoms with Crippen LogP contribution in [0.25, 0.3) is 16.8 Å². The normalized spacial score (nSPS) is 14.7. The average Bonchev–Trinajstić information content (AvgIpc) is 3.79. The number of aliphatic hydroxyl groups is 1. The summed E-state index contributed by atoms with van der Waals surface area (Å²) in [5, 5.41) is 19.1. The maximum absolute atomic E-state index is 15.9. The van der Waals surface area contributed by atoms with E-state index in [0.717, 1.165) is 44.5 Å². The van der Waals surface area contributed by atoms with Gasteiger partial charge in [-0.3, -0.25) is 4.79 Å². The summed E-state index contributed by atoms with van der Waals surface area (Å²) in [6.45, 7) is 1.67. The van der Waals surface area contributed by atoms with Crippen LogP contribution in [0.5, 0.6) is 5.88 Å². The summed E-state index contributed by atoms with van der Waals surface area (Å²) in [6, 6.07) is 15.4. The van der Waals surface area contributed by atoms with Crippen LogP contribution in [-0.4, -0.2) is 39.3 Å². The molecule has 7 nitrogen and oxygen atoms in total. The number of alkyl halides is 1. The van der Waals surface area contributed by atoms with Gasteiger partial charge in [0.15, 0.2) is 5.82 Å². The zero-order valence-electron chi connectivity index (χ0n) is 25.0. The van der Waals surface area contributed by atoms with Gasteiger partial charge in [0.1, 0.15) is 28.6 Å². The summed E-state index contributed by atoms with van der Waals surface area (Å²) < 4.78 is 67.4. The van der Waals surface area contributed by atoms with Gasteiger partial charge < -0.3 is 15.2 Å². The van der Waals surface area contributed by atoms with Gasteiger partial charge in [-0.2, -0.15) is 5.10 Å². The second-order valence-electron chi connectivity index (χ2n) is 11.8. The molecule has 1 aliphatic rings. The molecule has 0 spiro atoms. The van der Waals surface area contributed by atoms with Crippen molar-refractivity contribution in [1.29, 1.82) is 0 Å². The first-order valence-electron chi connectivity index (χ1n) is 14.5. The number of hydrogen-bond acceptors (Lipinski definition) is 5. The Hall–Kier alpha value is -4.48. The predicted molar refractivity (Wildman–Crippen MR) is 164 cm³/mol. The minimum absolute atomic E-state index is 0.211. The fourth-order valence-corrected chi connectivity index (χ4v) is 5.53. The van der Waals surface area contributed by atoms with E-state index in [1.54, 1.807) is 40.9 Å². The van der Waals surface area contributed by atoms with Gasteiger partial charge in [0.05, 0.1) is 35.6 Å². The highest BCUT2D eigenvalue weighted by molar-refractivity contribution is 6.31. The van der Waals surface area contributed by atoms with Crippen molar-refractivity contribution < 1.29 is 32.2 Å². The molecular formula is C34H29ClF4N4O3. The predicted octanol–water partition coefficient (Wildman–Crippen LogP) is 7.22. The fraction of sp³-hybridized carbons (Fsp3) is 0.265. The summed E-state index contributed by atoms with van der Waals surface area (Å²) in [5.41, 5.74) is -4.60. The van der Waals surface area contributed by atoms with Gasteiger partial charge in [0, 0.05) is 34.7 Å². The lowest BCUT2D eigenvalue weighted by Gasteiger charge is -2.31. The van der Waals surface area contributed by atoms with Crippen molar-refractivity contribution in [3.8, 4) is 17.1 Å². The first kappa shape index (κ1) is 31.5. The molecule has 1 saturated carbocycles. The first-order valence-corrected chi connectivity index (χ1v) is 14.9.